The zero-order valence-corrected chi connectivity index (χ0v) is 80.8. The number of nitrogens with zero attached hydrogens (tertiary/aromatic N) is 4. The number of benzene rings is 14. The van der Waals surface area contributed by atoms with Crippen molar-refractivity contribution in [3.8, 4) is 44.9 Å². The molecule has 0 atom stereocenters. The van der Waals surface area contributed by atoms with E-state index in [1.165, 1.54) is 89.2 Å². The number of thioether (sulfide) groups is 4. The Morgan fingerprint density at radius 3 is 1.24 bits per heavy atom. The van der Waals surface area contributed by atoms with Gasteiger partial charge in [-0.25, -0.2) is 16.8 Å². The average molecular weight is 1830 g/mol. The summed E-state index contributed by atoms with van der Waals surface area (Å²) in [7, 11) is -9.68. The first-order valence-corrected chi connectivity index (χ1v) is 51.6. The van der Waals surface area contributed by atoms with E-state index < -0.39 is 20.2 Å². The van der Waals surface area contributed by atoms with Gasteiger partial charge in [0.25, 0.3) is 0 Å². The predicted octanol–water partition coefficient (Wildman–Crippen LogP) is 28.8. The number of anilines is 4. The lowest BCUT2D eigenvalue weighted by molar-refractivity contribution is 0.461. The minimum atomic E-state index is -4.86. The van der Waals surface area contributed by atoms with Crippen molar-refractivity contribution in [2.45, 2.75) is 162 Å². The quantitative estimate of drug-likeness (QED) is 0.00981. The van der Waals surface area contributed by atoms with Gasteiger partial charge in [0.15, 0.2) is 5.88 Å². The van der Waals surface area contributed by atoms with Gasteiger partial charge in [-0.1, -0.05) is 263 Å². The van der Waals surface area contributed by atoms with Crippen LogP contribution in [0.2, 0.25) is 0 Å². The highest BCUT2D eigenvalue weighted by atomic mass is 32.2. The molecule has 0 bridgehead atoms. The molecule has 12 nitrogen and oxygen atoms in total. The molecule has 18 heteroatoms. The van der Waals surface area contributed by atoms with Crippen molar-refractivity contribution in [2.75, 3.05) is 46.1 Å². The van der Waals surface area contributed by atoms with Crippen LogP contribution in [0.1, 0.15) is 150 Å². The van der Waals surface area contributed by atoms with E-state index in [4.69, 9.17) is 8.83 Å². The van der Waals surface area contributed by atoms with Crippen molar-refractivity contribution in [1.29, 1.82) is 0 Å². The topological polar surface area (TPSA) is 153 Å². The molecule has 16 rings (SSSR count). The third kappa shape index (κ3) is 21.4. The van der Waals surface area contributed by atoms with Gasteiger partial charge in [0.05, 0.1) is 27.8 Å². The third-order valence-electron chi connectivity index (χ3n) is 23.9. The summed E-state index contributed by atoms with van der Waals surface area (Å²) in [5.74, 6) is 5.35. The minimum Gasteiger partial charge on any atom is -0.744 e. The molecule has 0 N–H and O–H groups in total. The van der Waals surface area contributed by atoms with Gasteiger partial charge in [-0.05, 0) is 182 Å². The molecule has 130 heavy (non-hydrogen) atoms. The Bertz CT molecular complexity index is 6970. The molecule has 2 heterocycles. The van der Waals surface area contributed by atoms with Gasteiger partial charge >= 0.3 is 0 Å². The Morgan fingerprint density at radius 2 is 0.769 bits per heavy atom. The highest BCUT2D eigenvalue weighted by Gasteiger charge is 2.32. The Hall–Kier alpha value is -11.2. The predicted molar refractivity (Wildman–Crippen MR) is 545 cm³/mol. The first kappa shape index (κ1) is 93.5. The van der Waals surface area contributed by atoms with Gasteiger partial charge in [-0.2, -0.15) is 9.15 Å². The zero-order valence-electron chi connectivity index (χ0n) is 75.9. The molecule has 664 valence electrons. The van der Waals surface area contributed by atoms with Crippen LogP contribution in [-0.2, 0) is 33.1 Å². The molecule has 0 unspecified atom stereocenters. The van der Waals surface area contributed by atoms with E-state index in [0.717, 1.165) is 93.1 Å². The summed E-state index contributed by atoms with van der Waals surface area (Å²) in [5, 5.41) is 3.34. The molecule has 12 aromatic rings. The molecule has 0 radical (unpaired) electrons. The molecule has 0 amide bonds. The molecule has 0 aromatic heterocycles. The summed E-state index contributed by atoms with van der Waals surface area (Å²) < 4.78 is 96.8. The summed E-state index contributed by atoms with van der Waals surface area (Å²) in [5.41, 5.74) is 21.1. The Balaban J connectivity index is 0.000000199. The lowest BCUT2D eigenvalue weighted by Crippen LogP contribution is -2.28. The fourth-order valence-electron chi connectivity index (χ4n) is 17.6. The van der Waals surface area contributed by atoms with Crippen LogP contribution in [0.15, 0.2) is 354 Å². The lowest BCUT2D eigenvalue weighted by atomic mass is 9.91. The van der Waals surface area contributed by atoms with E-state index in [1.807, 2.05) is 72.1 Å². The Morgan fingerprint density at radius 1 is 0.362 bits per heavy atom. The van der Waals surface area contributed by atoms with E-state index >= 15 is 0 Å². The summed E-state index contributed by atoms with van der Waals surface area (Å²) >= 11 is 7.26. The largest absolute Gasteiger partial charge is 0.744 e. The maximum absolute atomic E-state index is 13.0. The SMILES string of the molecule is CC(C)c1cccc(C(C)C)c1N(CSc1ccccc1)c1ccc2c(-c3ccccc3S(=O)(=O)[O-])c3cc/c(=[N+](/CSc4ccccc4)c4c(C(C)C)cccc4C(C)C)cc-3oc2c1.CCc1cccc(C)c1N(CCCSc1ccccc1)c1ccc2c(-c3ccccc3S(=O)(=O)[O-])c3ccc(=[N+](CCCSc4ccccc4)c4c(C)cccc4CC)cc-3oc2c1. The molecular weight excluding hydrogens is 1720 g/mol. The number of hydrogen-bond acceptors (Lipinski definition) is 14. The second kappa shape index (κ2) is 42.4. The molecule has 0 spiro atoms. The van der Waals surface area contributed by atoms with Crippen molar-refractivity contribution < 1.29 is 34.8 Å². The van der Waals surface area contributed by atoms with Gasteiger partial charge in [-0.3, -0.25) is 0 Å². The van der Waals surface area contributed by atoms with Crippen molar-refractivity contribution in [3.63, 3.8) is 0 Å². The minimum absolute atomic E-state index is 0.257. The van der Waals surface area contributed by atoms with Gasteiger partial charge in [0, 0.05) is 152 Å². The molecular formula is C112H112N4O8S6. The molecule has 0 saturated carbocycles. The number of hydrogen-bond donors (Lipinski definition) is 0. The molecule has 4 aliphatic rings. The second-order valence-electron chi connectivity index (χ2n) is 34.0. The Kier molecular flexibility index (Phi) is 30.5. The number of rotatable bonds is 32. The van der Waals surface area contributed by atoms with Crippen LogP contribution in [-0.4, -0.2) is 62.3 Å². The van der Waals surface area contributed by atoms with E-state index in [1.54, 1.807) is 59.9 Å². The van der Waals surface area contributed by atoms with Crippen molar-refractivity contribution in [1.82, 2.24) is 9.15 Å². The monoisotopic (exact) mass is 1830 g/mol. The number of para-hydroxylation sites is 4. The maximum Gasteiger partial charge on any atom is 0.213 e. The molecule has 0 saturated heterocycles. The molecule has 12 aromatic carbocycles. The van der Waals surface area contributed by atoms with Gasteiger partial charge in [0.1, 0.15) is 49.5 Å². The summed E-state index contributed by atoms with van der Waals surface area (Å²) in [6, 6.07) is 106. The Labute approximate surface area is 784 Å². The summed E-state index contributed by atoms with van der Waals surface area (Å²) in [6.07, 6.45) is 3.63. The average Bonchev–Trinajstić information content (AvgIpc) is 0.738. The standard InChI is InChI=1S/C57H58N2O4S3.C55H54N2O4S3/c1-37(2)45-24-17-25-46(38(3)4)56(45)58(35-64-43-19-11-9-12-20-43)41-29-31-49-52(33-41)63-53-34-42(30-32-50(53)55(49)51-23-15-16-28-54(51)66(60,61)62)59(36-65-44-21-13-10-14-22-44)57-47(39(5)6)26-18-27-48(57)40(7)8;1-5-41-21-15-19-39(3)54(41)56(33-17-35-62-45-23-9-7-10-24-45)43-29-31-47-50(37-43)61-51-38-44(30-32-48(51)53(47)49-27-13-14-28-52(49)64(58,59)60)57(55-40(4)20-16-22-42(55)6-2)34-18-36-63-46-25-11-8-12-26-46/h9-34,37-40H,35-36H2,1-8H3;7-16,19-32,37-38H,5-6,17-18,33-36H2,1-4H3. The van der Waals surface area contributed by atoms with Crippen LogP contribution in [0.5, 0.6) is 0 Å². The molecule has 2 aliphatic carbocycles. The van der Waals surface area contributed by atoms with Gasteiger partial charge in [0.2, 0.25) is 22.1 Å². The van der Waals surface area contributed by atoms with Crippen molar-refractivity contribution in [2.24, 2.45) is 0 Å². The maximum atomic E-state index is 13.0. The summed E-state index contributed by atoms with van der Waals surface area (Å²) in [6.45, 7) is 28.2. The van der Waals surface area contributed by atoms with Gasteiger partial charge < -0.3 is 27.7 Å². The van der Waals surface area contributed by atoms with Crippen molar-refractivity contribution >= 4 is 123 Å². The smallest absolute Gasteiger partial charge is 0.213 e. The zero-order chi connectivity index (χ0) is 91.3. The van der Waals surface area contributed by atoms with E-state index in [9.17, 15) is 25.9 Å². The van der Waals surface area contributed by atoms with E-state index in [-0.39, 0.29) is 33.5 Å². The first-order valence-electron chi connectivity index (χ1n) is 44.9. The second-order valence-corrected chi connectivity index (χ2v) is 41.1. The fraction of sp³-hybridized carbons (Fsp3) is 0.232. The van der Waals surface area contributed by atoms with Crippen LogP contribution >= 0.6 is 47.0 Å². The number of aryl methyl sites for hydroxylation is 4. The lowest BCUT2D eigenvalue weighted by Gasteiger charge is -2.32. The molecule has 0 fully saturated rings. The third-order valence-corrected chi connectivity index (χ3v) is 29.9. The normalized spacial score (nSPS) is 12.4. The van der Waals surface area contributed by atoms with Crippen LogP contribution in [0, 0.1) is 13.8 Å². The summed E-state index contributed by atoms with van der Waals surface area (Å²) in [4.78, 5) is 9.10. The van der Waals surface area contributed by atoms with Crippen LogP contribution in [0.25, 0.3) is 66.8 Å². The first-order chi connectivity index (χ1) is 62.8. The highest BCUT2D eigenvalue weighted by molar-refractivity contribution is 8.00. The van der Waals surface area contributed by atoms with Crippen molar-refractivity contribution in [3.05, 3.63) is 371 Å². The van der Waals surface area contributed by atoms with Crippen LogP contribution < -0.4 is 29.7 Å². The number of fused-ring (bicyclic) bond motifs is 4. The highest BCUT2D eigenvalue weighted by Crippen LogP contribution is 2.49. The van der Waals surface area contributed by atoms with Crippen LogP contribution in [0.3, 0.4) is 0 Å². The van der Waals surface area contributed by atoms with E-state index in [2.05, 4.69) is 320 Å². The fourth-order valence-corrected chi connectivity index (χ4v) is 22.5. The van der Waals surface area contributed by atoms with Crippen LogP contribution in [0.4, 0.5) is 34.1 Å². The van der Waals surface area contributed by atoms with Gasteiger partial charge in [-0.15, -0.1) is 35.3 Å². The molecule has 2 aliphatic heterocycles. The van der Waals surface area contributed by atoms with E-state index in [0.29, 0.717) is 67.6 Å².